The zero-order valence-electron chi connectivity index (χ0n) is 16.8. The predicted molar refractivity (Wildman–Crippen MR) is 109 cm³/mol. The van der Waals surface area contributed by atoms with Gasteiger partial charge in [-0.15, -0.1) is 11.3 Å². The molecule has 1 unspecified atom stereocenters. The topological polar surface area (TPSA) is 80.4 Å². The molecule has 1 aliphatic heterocycles. The van der Waals surface area contributed by atoms with Crippen LogP contribution in [0.25, 0.3) is 10.2 Å². The van der Waals surface area contributed by atoms with Crippen molar-refractivity contribution in [2.75, 3.05) is 38.2 Å². The highest BCUT2D eigenvalue weighted by molar-refractivity contribution is 7.17. The standard InChI is InChI=1S/C19H26N6O2S/c1-12-11-28-19-16(12)18(20-14(3)21-19)25-7-5-6-24(8-9-25)10-15-22-17(23-27-15)13(2)26-4/h11,13H,5-10H2,1-4H3. The Hall–Kier alpha value is -2.10. The van der Waals surface area contributed by atoms with Crippen molar-refractivity contribution in [2.24, 2.45) is 0 Å². The van der Waals surface area contributed by atoms with E-state index in [4.69, 9.17) is 14.2 Å². The second-order valence-corrected chi connectivity index (χ2v) is 8.09. The summed E-state index contributed by atoms with van der Waals surface area (Å²) in [6.07, 6.45) is 0.901. The lowest BCUT2D eigenvalue weighted by Crippen LogP contribution is -2.31. The highest BCUT2D eigenvalue weighted by atomic mass is 32.1. The van der Waals surface area contributed by atoms with Gasteiger partial charge in [0.05, 0.1) is 11.9 Å². The lowest BCUT2D eigenvalue weighted by molar-refractivity contribution is 0.109. The first-order chi connectivity index (χ1) is 13.5. The number of hydrogen-bond donors (Lipinski definition) is 0. The van der Waals surface area contributed by atoms with E-state index in [1.54, 1.807) is 18.4 Å². The van der Waals surface area contributed by atoms with Gasteiger partial charge in [0.25, 0.3) is 0 Å². The zero-order chi connectivity index (χ0) is 19.7. The third kappa shape index (κ3) is 3.87. The van der Waals surface area contributed by atoms with Gasteiger partial charge < -0.3 is 14.2 Å². The van der Waals surface area contributed by atoms with Crippen LogP contribution in [0.15, 0.2) is 9.90 Å². The molecule has 1 saturated heterocycles. The molecule has 0 spiro atoms. The minimum absolute atomic E-state index is 0.158. The third-order valence-corrected chi connectivity index (χ3v) is 6.15. The summed E-state index contributed by atoms with van der Waals surface area (Å²) < 4.78 is 10.7. The van der Waals surface area contributed by atoms with Crippen LogP contribution >= 0.6 is 11.3 Å². The van der Waals surface area contributed by atoms with Crippen molar-refractivity contribution in [1.29, 1.82) is 0 Å². The predicted octanol–water partition coefficient (Wildman–Crippen LogP) is 3.11. The Bertz CT molecular complexity index is 955. The number of anilines is 1. The molecular weight excluding hydrogens is 376 g/mol. The molecule has 3 aromatic heterocycles. The Labute approximate surface area is 168 Å². The van der Waals surface area contributed by atoms with E-state index in [0.29, 0.717) is 18.3 Å². The number of aryl methyl sites for hydroxylation is 2. The van der Waals surface area contributed by atoms with Crippen molar-refractivity contribution in [3.8, 4) is 0 Å². The summed E-state index contributed by atoms with van der Waals surface area (Å²) in [6, 6.07) is 0. The minimum Gasteiger partial charge on any atom is -0.374 e. The minimum atomic E-state index is -0.158. The fraction of sp³-hybridized carbons (Fsp3) is 0.579. The molecule has 0 bridgehead atoms. The molecule has 4 heterocycles. The van der Waals surface area contributed by atoms with Gasteiger partial charge in [0.2, 0.25) is 5.89 Å². The van der Waals surface area contributed by atoms with Gasteiger partial charge in [0.15, 0.2) is 5.82 Å². The van der Waals surface area contributed by atoms with E-state index in [9.17, 15) is 0 Å². The van der Waals surface area contributed by atoms with Gasteiger partial charge in [-0.3, -0.25) is 4.90 Å². The van der Waals surface area contributed by atoms with Gasteiger partial charge in [-0.2, -0.15) is 4.98 Å². The van der Waals surface area contributed by atoms with E-state index in [2.05, 4.69) is 37.2 Å². The second-order valence-electron chi connectivity index (χ2n) is 7.23. The molecule has 1 fully saturated rings. The molecule has 4 rings (SSSR count). The van der Waals surface area contributed by atoms with E-state index in [-0.39, 0.29) is 6.10 Å². The first-order valence-electron chi connectivity index (χ1n) is 9.60. The molecule has 0 radical (unpaired) electrons. The summed E-state index contributed by atoms with van der Waals surface area (Å²) in [5.74, 6) is 3.13. The van der Waals surface area contributed by atoms with E-state index in [0.717, 1.165) is 49.1 Å². The molecule has 28 heavy (non-hydrogen) atoms. The van der Waals surface area contributed by atoms with E-state index in [1.807, 2.05) is 13.8 Å². The van der Waals surface area contributed by atoms with Crippen molar-refractivity contribution >= 4 is 27.4 Å². The quantitative estimate of drug-likeness (QED) is 0.644. The highest BCUT2D eigenvalue weighted by Crippen LogP contribution is 2.32. The Morgan fingerprint density at radius 2 is 2.04 bits per heavy atom. The molecule has 0 N–H and O–H groups in total. The van der Waals surface area contributed by atoms with Crippen molar-refractivity contribution in [3.05, 3.63) is 28.5 Å². The molecule has 9 heteroatoms. The fourth-order valence-electron chi connectivity index (χ4n) is 3.53. The summed E-state index contributed by atoms with van der Waals surface area (Å²) in [4.78, 5) is 19.7. The number of hydrogen-bond acceptors (Lipinski definition) is 9. The van der Waals surface area contributed by atoms with Gasteiger partial charge in [-0.05, 0) is 38.1 Å². The molecular formula is C19H26N6O2S. The molecule has 0 amide bonds. The number of aromatic nitrogens is 4. The van der Waals surface area contributed by atoms with Crippen LogP contribution < -0.4 is 4.90 Å². The number of ether oxygens (including phenoxy) is 1. The molecule has 1 aliphatic rings. The van der Waals surface area contributed by atoms with Crippen LogP contribution in [-0.2, 0) is 11.3 Å². The van der Waals surface area contributed by atoms with Crippen LogP contribution in [0.1, 0.15) is 42.6 Å². The third-order valence-electron chi connectivity index (χ3n) is 5.16. The molecule has 150 valence electrons. The van der Waals surface area contributed by atoms with Crippen LogP contribution in [0.3, 0.4) is 0 Å². The van der Waals surface area contributed by atoms with Gasteiger partial charge in [0.1, 0.15) is 22.6 Å². The number of fused-ring (bicyclic) bond motifs is 1. The maximum Gasteiger partial charge on any atom is 0.240 e. The van der Waals surface area contributed by atoms with Crippen LogP contribution in [0.4, 0.5) is 5.82 Å². The summed E-state index contributed by atoms with van der Waals surface area (Å²) >= 11 is 1.69. The average Bonchev–Trinajstić information content (AvgIpc) is 3.22. The molecule has 0 aromatic carbocycles. The maximum atomic E-state index is 5.41. The molecule has 1 atom stereocenters. The summed E-state index contributed by atoms with van der Waals surface area (Å²) in [6.45, 7) is 10.5. The zero-order valence-corrected chi connectivity index (χ0v) is 17.6. The van der Waals surface area contributed by atoms with Gasteiger partial charge >= 0.3 is 0 Å². The lowest BCUT2D eigenvalue weighted by Gasteiger charge is -2.23. The van der Waals surface area contributed by atoms with Crippen molar-refractivity contribution < 1.29 is 9.26 Å². The largest absolute Gasteiger partial charge is 0.374 e. The average molecular weight is 403 g/mol. The van der Waals surface area contributed by atoms with Crippen LogP contribution in [0.5, 0.6) is 0 Å². The van der Waals surface area contributed by atoms with E-state index < -0.39 is 0 Å². The second kappa shape index (κ2) is 8.10. The van der Waals surface area contributed by atoms with Crippen molar-refractivity contribution in [3.63, 3.8) is 0 Å². The van der Waals surface area contributed by atoms with Crippen molar-refractivity contribution in [2.45, 2.75) is 39.8 Å². The Morgan fingerprint density at radius 1 is 1.18 bits per heavy atom. The number of nitrogens with zero attached hydrogens (tertiary/aromatic N) is 6. The smallest absolute Gasteiger partial charge is 0.240 e. The van der Waals surface area contributed by atoms with E-state index in [1.165, 1.54) is 10.9 Å². The summed E-state index contributed by atoms with van der Waals surface area (Å²) in [5, 5.41) is 7.38. The molecule has 3 aromatic rings. The summed E-state index contributed by atoms with van der Waals surface area (Å²) in [5.41, 5.74) is 1.25. The van der Waals surface area contributed by atoms with Gasteiger partial charge in [0, 0.05) is 33.3 Å². The Kier molecular flexibility index (Phi) is 5.56. The highest BCUT2D eigenvalue weighted by Gasteiger charge is 2.22. The fourth-order valence-corrected chi connectivity index (χ4v) is 4.49. The number of thiophene rings is 1. The first-order valence-corrected chi connectivity index (χ1v) is 10.5. The monoisotopic (exact) mass is 402 g/mol. The van der Waals surface area contributed by atoms with Gasteiger partial charge in [-0.25, -0.2) is 9.97 Å². The van der Waals surface area contributed by atoms with Crippen molar-refractivity contribution in [1.82, 2.24) is 25.0 Å². The SMILES string of the molecule is COC(C)c1noc(CN2CCCN(c3nc(C)nc4scc(C)c34)CC2)n1. The van der Waals surface area contributed by atoms with Crippen LogP contribution in [0.2, 0.25) is 0 Å². The van der Waals surface area contributed by atoms with E-state index >= 15 is 0 Å². The molecule has 8 nitrogen and oxygen atoms in total. The Morgan fingerprint density at radius 3 is 2.86 bits per heavy atom. The Balaban J connectivity index is 1.47. The number of rotatable bonds is 5. The summed E-state index contributed by atoms with van der Waals surface area (Å²) in [7, 11) is 1.64. The lowest BCUT2D eigenvalue weighted by atomic mass is 10.2. The first kappa shape index (κ1) is 19.2. The number of methoxy groups -OCH3 is 1. The van der Waals surface area contributed by atoms with Crippen LogP contribution in [0, 0.1) is 13.8 Å². The normalized spacial score (nSPS) is 17.2. The molecule has 0 saturated carbocycles. The van der Waals surface area contributed by atoms with Gasteiger partial charge in [-0.1, -0.05) is 5.16 Å². The maximum absolute atomic E-state index is 5.41. The molecule has 0 aliphatic carbocycles. The van der Waals surface area contributed by atoms with Crippen LogP contribution in [-0.4, -0.2) is 58.3 Å².